The zero-order valence-corrected chi connectivity index (χ0v) is 16.9. The Hall–Kier alpha value is -1.01. The Morgan fingerprint density at radius 3 is 2.40 bits per heavy atom. The first-order valence-electron chi connectivity index (χ1n) is 8.42. The fraction of sp³-hybridized carbons (Fsp3) is 0.611. The highest BCUT2D eigenvalue weighted by Crippen LogP contribution is 2.25. The fourth-order valence-corrected chi connectivity index (χ4v) is 2.98. The van der Waals surface area contributed by atoms with Gasteiger partial charge < -0.3 is 15.4 Å². The molecule has 0 aromatic heterocycles. The molecule has 0 aliphatic carbocycles. The van der Waals surface area contributed by atoms with Crippen molar-refractivity contribution in [1.29, 1.82) is 0 Å². The molecule has 2 atom stereocenters. The van der Waals surface area contributed by atoms with Crippen molar-refractivity contribution in [3.05, 3.63) is 29.8 Å². The smallest absolute Gasteiger partial charge is 0.222 e. The third kappa shape index (κ3) is 7.02. The summed E-state index contributed by atoms with van der Waals surface area (Å²) in [4.78, 5) is 16.6. The number of carbonyl (C=O) groups is 1. The number of benzene rings is 1. The highest BCUT2D eigenvalue weighted by atomic mass is 35.5. The van der Waals surface area contributed by atoms with E-state index in [2.05, 4.69) is 24.0 Å². The van der Waals surface area contributed by atoms with Crippen molar-refractivity contribution < 1.29 is 9.53 Å². The summed E-state index contributed by atoms with van der Waals surface area (Å²) in [6.07, 6.45) is 1.32. The molecule has 1 heterocycles. The molecule has 1 saturated heterocycles. The normalized spacial score (nSPS) is 17.0. The van der Waals surface area contributed by atoms with E-state index in [1.807, 2.05) is 24.0 Å². The summed E-state index contributed by atoms with van der Waals surface area (Å²) in [6.45, 7) is 7.56. The predicted molar refractivity (Wildman–Crippen MR) is 107 cm³/mol. The van der Waals surface area contributed by atoms with Gasteiger partial charge in [-0.05, 0) is 38.0 Å². The first-order chi connectivity index (χ1) is 11.0. The standard InChI is InChI=1S/C18H29N3O2.2ClH/c1-14(19)7-8-18(22)21-11-9-20(10-12-21)15(2)16-5-4-6-17(13-16)23-3;;/h4-6,13-15H,7-12,19H2,1-3H3;2*1H. The second-order valence-corrected chi connectivity index (χ2v) is 6.39. The van der Waals surface area contributed by atoms with Crippen LogP contribution in [0.5, 0.6) is 5.75 Å². The maximum atomic E-state index is 12.2. The lowest BCUT2D eigenvalue weighted by Crippen LogP contribution is -2.49. The molecule has 1 aliphatic rings. The number of nitrogens with zero attached hydrogens (tertiary/aromatic N) is 2. The van der Waals surface area contributed by atoms with Gasteiger partial charge in [0.2, 0.25) is 5.91 Å². The minimum atomic E-state index is 0. The Kier molecular flexibility index (Phi) is 11.1. The van der Waals surface area contributed by atoms with Crippen LogP contribution in [0.2, 0.25) is 0 Å². The summed E-state index contributed by atoms with van der Waals surface area (Å²) in [5, 5.41) is 0. The van der Waals surface area contributed by atoms with Crippen molar-refractivity contribution >= 4 is 30.7 Å². The van der Waals surface area contributed by atoms with Crippen LogP contribution >= 0.6 is 24.8 Å². The van der Waals surface area contributed by atoms with Gasteiger partial charge in [0.25, 0.3) is 0 Å². The Morgan fingerprint density at radius 1 is 1.20 bits per heavy atom. The van der Waals surface area contributed by atoms with E-state index < -0.39 is 0 Å². The second-order valence-electron chi connectivity index (χ2n) is 6.39. The molecule has 1 fully saturated rings. The maximum Gasteiger partial charge on any atom is 0.222 e. The van der Waals surface area contributed by atoms with E-state index >= 15 is 0 Å². The van der Waals surface area contributed by atoms with Crippen molar-refractivity contribution in [3.8, 4) is 5.75 Å². The van der Waals surface area contributed by atoms with Gasteiger partial charge >= 0.3 is 0 Å². The van der Waals surface area contributed by atoms with Crippen LogP contribution in [-0.4, -0.2) is 55.0 Å². The summed E-state index contributed by atoms with van der Waals surface area (Å²) >= 11 is 0. The maximum absolute atomic E-state index is 12.2. The molecule has 1 aromatic carbocycles. The van der Waals surface area contributed by atoms with Crippen LogP contribution in [0.15, 0.2) is 24.3 Å². The Morgan fingerprint density at radius 2 is 1.84 bits per heavy atom. The summed E-state index contributed by atoms with van der Waals surface area (Å²) in [7, 11) is 1.69. The quantitative estimate of drug-likeness (QED) is 0.809. The van der Waals surface area contributed by atoms with Crippen LogP contribution in [0.25, 0.3) is 0 Å². The molecule has 2 N–H and O–H groups in total. The second kappa shape index (κ2) is 11.6. The largest absolute Gasteiger partial charge is 0.497 e. The molecule has 5 nitrogen and oxygen atoms in total. The monoisotopic (exact) mass is 391 g/mol. The number of methoxy groups -OCH3 is 1. The predicted octanol–water partition coefficient (Wildman–Crippen LogP) is 2.87. The Labute approximate surface area is 163 Å². The van der Waals surface area contributed by atoms with E-state index in [0.717, 1.165) is 38.3 Å². The molecule has 1 aliphatic heterocycles. The van der Waals surface area contributed by atoms with Crippen molar-refractivity contribution in [2.75, 3.05) is 33.3 Å². The molecule has 0 bridgehead atoms. The lowest BCUT2D eigenvalue weighted by molar-refractivity contribution is -0.133. The van der Waals surface area contributed by atoms with Crippen LogP contribution in [-0.2, 0) is 4.79 Å². The topological polar surface area (TPSA) is 58.8 Å². The van der Waals surface area contributed by atoms with Gasteiger partial charge in [-0.3, -0.25) is 9.69 Å². The van der Waals surface area contributed by atoms with Crippen LogP contribution < -0.4 is 10.5 Å². The fourth-order valence-electron chi connectivity index (χ4n) is 2.98. The number of ether oxygens (including phenoxy) is 1. The van der Waals surface area contributed by atoms with E-state index in [1.165, 1.54) is 5.56 Å². The highest BCUT2D eigenvalue weighted by molar-refractivity contribution is 5.85. The molecule has 0 spiro atoms. The van der Waals surface area contributed by atoms with Crippen LogP contribution in [0, 0.1) is 0 Å². The van der Waals surface area contributed by atoms with Crippen molar-refractivity contribution in [2.45, 2.75) is 38.8 Å². The zero-order chi connectivity index (χ0) is 16.8. The minimum Gasteiger partial charge on any atom is -0.497 e. The molecule has 7 heteroatoms. The SMILES string of the molecule is COc1cccc(C(C)N2CCN(C(=O)CCC(C)N)CC2)c1.Cl.Cl. The van der Waals surface area contributed by atoms with Gasteiger partial charge in [-0.1, -0.05) is 12.1 Å². The van der Waals surface area contributed by atoms with Gasteiger partial charge in [-0.15, -0.1) is 24.8 Å². The van der Waals surface area contributed by atoms with Crippen molar-refractivity contribution in [1.82, 2.24) is 9.80 Å². The number of piperazine rings is 1. The van der Waals surface area contributed by atoms with Gasteiger partial charge in [0.05, 0.1) is 7.11 Å². The van der Waals surface area contributed by atoms with Crippen molar-refractivity contribution in [3.63, 3.8) is 0 Å². The van der Waals surface area contributed by atoms with Crippen LogP contribution in [0.3, 0.4) is 0 Å². The summed E-state index contributed by atoms with van der Waals surface area (Å²) in [5.41, 5.74) is 6.98. The number of carbonyl (C=O) groups excluding carboxylic acids is 1. The first-order valence-corrected chi connectivity index (χ1v) is 8.42. The number of hydrogen-bond acceptors (Lipinski definition) is 4. The van der Waals surface area contributed by atoms with Gasteiger partial charge in [0, 0.05) is 44.7 Å². The number of rotatable bonds is 6. The summed E-state index contributed by atoms with van der Waals surface area (Å²) in [5.74, 6) is 1.12. The molecule has 25 heavy (non-hydrogen) atoms. The highest BCUT2D eigenvalue weighted by Gasteiger charge is 2.24. The van der Waals surface area contributed by atoms with E-state index in [-0.39, 0.29) is 36.8 Å². The van der Waals surface area contributed by atoms with E-state index in [4.69, 9.17) is 10.5 Å². The Balaban J connectivity index is 0.00000288. The van der Waals surface area contributed by atoms with Crippen molar-refractivity contribution in [2.24, 2.45) is 5.73 Å². The van der Waals surface area contributed by atoms with Gasteiger partial charge in [0.15, 0.2) is 0 Å². The summed E-state index contributed by atoms with van der Waals surface area (Å²) in [6, 6.07) is 8.63. The number of amides is 1. The van der Waals surface area contributed by atoms with Crippen LogP contribution in [0.1, 0.15) is 38.3 Å². The number of halogens is 2. The number of hydrogen-bond donors (Lipinski definition) is 1. The lowest BCUT2D eigenvalue weighted by Gasteiger charge is -2.38. The molecule has 2 rings (SSSR count). The average molecular weight is 392 g/mol. The molecule has 2 unspecified atom stereocenters. The molecule has 0 saturated carbocycles. The third-order valence-corrected chi connectivity index (χ3v) is 4.60. The van der Waals surface area contributed by atoms with E-state index in [0.29, 0.717) is 12.5 Å². The molecule has 1 aromatic rings. The average Bonchev–Trinajstić information content (AvgIpc) is 2.59. The first kappa shape index (κ1) is 24.0. The van der Waals surface area contributed by atoms with Crippen LogP contribution in [0.4, 0.5) is 0 Å². The lowest BCUT2D eigenvalue weighted by atomic mass is 10.1. The van der Waals surface area contributed by atoms with E-state index in [9.17, 15) is 4.79 Å². The van der Waals surface area contributed by atoms with Gasteiger partial charge in [-0.2, -0.15) is 0 Å². The molecule has 144 valence electrons. The molecule has 0 radical (unpaired) electrons. The minimum absolute atomic E-state index is 0. The van der Waals surface area contributed by atoms with E-state index in [1.54, 1.807) is 7.11 Å². The molecule has 1 amide bonds. The Bertz CT molecular complexity index is 521. The zero-order valence-electron chi connectivity index (χ0n) is 15.3. The third-order valence-electron chi connectivity index (χ3n) is 4.60. The van der Waals surface area contributed by atoms with Gasteiger partial charge in [0.1, 0.15) is 5.75 Å². The molecular formula is C18H31Cl2N3O2. The van der Waals surface area contributed by atoms with Gasteiger partial charge in [-0.25, -0.2) is 0 Å². The summed E-state index contributed by atoms with van der Waals surface area (Å²) < 4.78 is 5.31. The number of nitrogens with two attached hydrogens (primary N) is 1. The molecular weight excluding hydrogens is 361 g/mol.